The van der Waals surface area contributed by atoms with E-state index in [4.69, 9.17) is 10.7 Å². The number of nitrogens with two attached hydrogens (primary N) is 1. The third-order valence-corrected chi connectivity index (χ3v) is 4.56. The van der Waals surface area contributed by atoms with Crippen LogP contribution in [0.4, 0.5) is 5.13 Å². The van der Waals surface area contributed by atoms with Crippen molar-refractivity contribution in [2.45, 2.75) is 51.9 Å². The molecule has 0 aromatic carbocycles. The standard InChI is InChI=1S/C14H23N3S/c1-9(2)8-14(4)7-5-6-11-12(14)17-13(18-11)16-10(3)15/h9H,3,5-8,15H2,1-2,4H3,(H,16,17). The maximum Gasteiger partial charge on any atom is 0.188 e. The second-order valence-corrected chi connectivity index (χ2v) is 7.04. The van der Waals surface area contributed by atoms with E-state index in [2.05, 4.69) is 32.7 Å². The second-order valence-electron chi connectivity index (χ2n) is 5.95. The SMILES string of the molecule is C=C(N)Nc1nc2c(s1)CCCC2(C)CC(C)C. The highest BCUT2D eigenvalue weighted by atomic mass is 32.1. The van der Waals surface area contributed by atoms with Crippen LogP contribution in [0.25, 0.3) is 0 Å². The minimum Gasteiger partial charge on any atom is -0.386 e. The second kappa shape index (κ2) is 4.92. The lowest BCUT2D eigenvalue weighted by atomic mass is 9.72. The van der Waals surface area contributed by atoms with Crippen molar-refractivity contribution in [2.75, 3.05) is 5.32 Å². The van der Waals surface area contributed by atoms with Crippen LogP contribution in [0.5, 0.6) is 0 Å². The normalized spacial score (nSPS) is 22.9. The van der Waals surface area contributed by atoms with Crippen molar-refractivity contribution in [3.8, 4) is 0 Å². The lowest BCUT2D eigenvalue weighted by Gasteiger charge is -2.34. The molecule has 1 aliphatic carbocycles. The van der Waals surface area contributed by atoms with Crippen molar-refractivity contribution in [2.24, 2.45) is 11.7 Å². The predicted octanol–water partition coefficient (Wildman–Crippen LogP) is 3.63. The molecule has 4 heteroatoms. The molecule has 1 heterocycles. The van der Waals surface area contributed by atoms with E-state index in [0.29, 0.717) is 11.7 Å². The third-order valence-electron chi connectivity index (χ3n) is 3.53. The summed E-state index contributed by atoms with van der Waals surface area (Å²) in [5.74, 6) is 1.16. The Kier molecular flexibility index (Phi) is 3.66. The van der Waals surface area contributed by atoms with Gasteiger partial charge in [-0.05, 0) is 31.6 Å². The highest BCUT2D eigenvalue weighted by molar-refractivity contribution is 7.15. The number of aryl methyl sites for hydroxylation is 1. The molecule has 0 radical (unpaired) electrons. The van der Waals surface area contributed by atoms with Gasteiger partial charge in [0.05, 0.1) is 11.5 Å². The summed E-state index contributed by atoms with van der Waals surface area (Å²) in [4.78, 5) is 6.19. The number of hydrogen-bond donors (Lipinski definition) is 2. The summed E-state index contributed by atoms with van der Waals surface area (Å²) in [6, 6.07) is 0. The molecule has 3 nitrogen and oxygen atoms in total. The average molecular weight is 265 g/mol. The summed E-state index contributed by atoms with van der Waals surface area (Å²) in [6.07, 6.45) is 4.86. The molecule has 0 saturated heterocycles. The molecule has 1 aliphatic rings. The largest absolute Gasteiger partial charge is 0.386 e. The summed E-state index contributed by atoms with van der Waals surface area (Å²) in [5.41, 5.74) is 7.11. The number of hydrogen-bond acceptors (Lipinski definition) is 4. The Labute approximate surface area is 114 Å². The van der Waals surface area contributed by atoms with Gasteiger partial charge in [0.15, 0.2) is 5.13 Å². The monoisotopic (exact) mass is 265 g/mol. The molecular weight excluding hydrogens is 242 g/mol. The molecule has 0 spiro atoms. The molecular formula is C14H23N3S. The van der Waals surface area contributed by atoms with E-state index in [1.165, 1.54) is 29.8 Å². The fraction of sp³-hybridized carbons (Fsp3) is 0.643. The number of aromatic nitrogens is 1. The van der Waals surface area contributed by atoms with Crippen molar-refractivity contribution < 1.29 is 0 Å². The van der Waals surface area contributed by atoms with Crippen molar-refractivity contribution in [1.82, 2.24) is 4.98 Å². The fourth-order valence-electron chi connectivity index (χ4n) is 3.04. The number of nitrogens with one attached hydrogen (secondary N) is 1. The number of anilines is 1. The summed E-state index contributed by atoms with van der Waals surface area (Å²) in [7, 11) is 0. The molecule has 0 aliphatic heterocycles. The van der Waals surface area contributed by atoms with Crippen molar-refractivity contribution in [3.05, 3.63) is 23.0 Å². The molecule has 1 atom stereocenters. The zero-order valence-corrected chi connectivity index (χ0v) is 12.4. The summed E-state index contributed by atoms with van der Waals surface area (Å²) in [5, 5.41) is 3.94. The van der Waals surface area contributed by atoms with E-state index in [9.17, 15) is 0 Å². The first-order valence-electron chi connectivity index (χ1n) is 6.62. The maximum atomic E-state index is 5.59. The van der Waals surface area contributed by atoms with Gasteiger partial charge in [-0.3, -0.25) is 0 Å². The number of thiazole rings is 1. The first-order chi connectivity index (χ1) is 8.40. The molecule has 2 rings (SSSR count). The van der Waals surface area contributed by atoms with E-state index in [1.54, 1.807) is 11.3 Å². The van der Waals surface area contributed by atoms with Gasteiger partial charge in [-0.1, -0.05) is 27.4 Å². The van der Waals surface area contributed by atoms with Gasteiger partial charge in [0.1, 0.15) is 0 Å². The van der Waals surface area contributed by atoms with Gasteiger partial charge < -0.3 is 11.1 Å². The lowest BCUT2D eigenvalue weighted by Crippen LogP contribution is -2.29. The Balaban J connectivity index is 2.30. The van der Waals surface area contributed by atoms with Gasteiger partial charge >= 0.3 is 0 Å². The van der Waals surface area contributed by atoms with Crippen molar-refractivity contribution in [3.63, 3.8) is 0 Å². The zero-order valence-electron chi connectivity index (χ0n) is 11.5. The van der Waals surface area contributed by atoms with Crippen LogP contribution in [0.1, 0.15) is 50.6 Å². The minimum absolute atomic E-state index is 0.230. The number of nitrogens with zero attached hydrogens (tertiary/aromatic N) is 1. The van der Waals surface area contributed by atoms with Gasteiger partial charge in [-0.25, -0.2) is 4.98 Å². The summed E-state index contributed by atoms with van der Waals surface area (Å²) >= 11 is 1.73. The Bertz CT molecular complexity index is 450. The number of fused-ring (bicyclic) bond motifs is 1. The minimum atomic E-state index is 0.230. The van der Waals surface area contributed by atoms with Crippen molar-refractivity contribution in [1.29, 1.82) is 0 Å². The fourth-order valence-corrected chi connectivity index (χ4v) is 4.23. The van der Waals surface area contributed by atoms with Crippen LogP contribution in [0, 0.1) is 5.92 Å². The Morgan fingerprint density at radius 3 is 2.94 bits per heavy atom. The van der Waals surface area contributed by atoms with Gasteiger partial charge in [0.25, 0.3) is 0 Å². The lowest BCUT2D eigenvalue weighted by molar-refractivity contribution is 0.315. The zero-order chi connectivity index (χ0) is 13.3. The van der Waals surface area contributed by atoms with E-state index in [0.717, 1.165) is 11.6 Å². The maximum absolute atomic E-state index is 5.59. The molecule has 1 unspecified atom stereocenters. The highest BCUT2D eigenvalue weighted by Crippen LogP contribution is 2.44. The highest BCUT2D eigenvalue weighted by Gasteiger charge is 2.35. The molecule has 0 amide bonds. The van der Waals surface area contributed by atoms with Gasteiger partial charge in [-0.2, -0.15) is 0 Å². The van der Waals surface area contributed by atoms with Crippen LogP contribution in [0.3, 0.4) is 0 Å². The molecule has 1 aromatic rings. The smallest absolute Gasteiger partial charge is 0.188 e. The Morgan fingerprint density at radius 2 is 2.33 bits per heavy atom. The van der Waals surface area contributed by atoms with Crippen LogP contribution in [-0.4, -0.2) is 4.98 Å². The molecule has 0 bridgehead atoms. The number of rotatable bonds is 4. The van der Waals surface area contributed by atoms with Crippen molar-refractivity contribution >= 4 is 16.5 Å². The average Bonchev–Trinajstić information content (AvgIpc) is 2.59. The first-order valence-corrected chi connectivity index (χ1v) is 7.44. The third kappa shape index (κ3) is 2.69. The van der Waals surface area contributed by atoms with Crippen LogP contribution in [-0.2, 0) is 11.8 Å². The molecule has 0 saturated carbocycles. The Hall–Kier alpha value is -1.03. The quantitative estimate of drug-likeness (QED) is 0.874. The van der Waals surface area contributed by atoms with E-state index < -0.39 is 0 Å². The van der Waals surface area contributed by atoms with Crippen LogP contribution in [0.2, 0.25) is 0 Å². The summed E-state index contributed by atoms with van der Waals surface area (Å²) in [6.45, 7) is 10.6. The predicted molar refractivity (Wildman–Crippen MR) is 78.8 cm³/mol. The molecule has 1 aromatic heterocycles. The molecule has 3 N–H and O–H groups in total. The van der Waals surface area contributed by atoms with Gasteiger partial charge in [0, 0.05) is 10.3 Å². The van der Waals surface area contributed by atoms with Gasteiger partial charge in [0.2, 0.25) is 0 Å². The molecule has 0 fully saturated rings. The van der Waals surface area contributed by atoms with E-state index >= 15 is 0 Å². The van der Waals surface area contributed by atoms with Crippen LogP contribution in [0.15, 0.2) is 12.4 Å². The van der Waals surface area contributed by atoms with Crippen LogP contribution < -0.4 is 11.1 Å². The van der Waals surface area contributed by atoms with Gasteiger partial charge in [-0.15, -0.1) is 11.3 Å². The van der Waals surface area contributed by atoms with E-state index in [1.807, 2.05) is 0 Å². The first kappa shape index (κ1) is 13.4. The van der Waals surface area contributed by atoms with Crippen LogP contribution >= 0.6 is 11.3 Å². The molecule has 100 valence electrons. The Morgan fingerprint density at radius 1 is 1.61 bits per heavy atom. The molecule has 18 heavy (non-hydrogen) atoms. The van der Waals surface area contributed by atoms with E-state index in [-0.39, 0.29) is 5.41 Å². The topological polar surface area (TPSA) is 50.9 Å². The summed E-state index contributed by atoms with van der Waals surface area (Å²) < 4.78 is 0.